The predicted molar refractivity (Wildman–Crippen MR) is 71.2 cm³/mol. The molecule has 1 atom stereocenters. The van der Waals surface area contributed by atoms with E-state index >= 15 is 0 Å². The fourth-order valence-corrected chi connectivity index (χ4v) is 2.40. The molecule has 0 radical (unpaired) electrons. The molecule has 1 rings (SSSR count). The summed E-state index contributed by atoms with van der Waals surface area (Å²) in [6.45, 7) is 3.10. The van der Waals surface area contributed by atoms with Crippen molar-refractivity contribution in [3.05, 3.63) is 0 Å². The van der Waals surface area contributed by atoms with Gasteiger partial charge in [-0.1, -0.05) is 13.8 Å². The molecule has 122 valence electrons. The fourth-order valence-electron chi connectivity index (χ4n) is 2.40. The van der Waals surface area contributed by atoms with Crippen molar-refractivity contribution in [3.8, 4) is 0 Å². The Morgan fingerprint density at radius 1 is 1.43 bits per heavy atom. The minimum absolute atomic E-state index is 0.164. The number of likely N-dealkylation sites (tertiary alicyclic amines) is 1. The standard InChI is InChI=1S/C13H22F3N3O2/c1-12(2,6-17)7-18(3)11(21)9-4-10(20)19(5-9)8-13(14,15)16/h9H,4-8,17H2,1-3H3. The molecule has 2 N–H and O–H groups in total. The molecule has 1 aliphatic rings. The smallest absolute Gasteiger partial charge is 0.345 e. The number of nitrogens with two attached hydrogens (primary N) is 1. The summed E-state index contributed by atoms with van der Waals surface area (Å²) in [6.07, 6.45) is -4.61. The number of hydrogen-bond donors (Lipinski definition) is 1. The van der Waals surface area contributed by atoms with Crippen LogP contribution in [0.5, 0.6) is 0 Å². The molecule has 0 aliphatic carbocycles. The maximum Gasteiger partial charge on any atom is 0.406 e. The van der Waals surface area contributed by atoms with Crippen LogP contribution in [0.15, 0.2) is 0 Å². The zero-order chi connectivity index (χ0) is 16.4. The molecule has 0 bridgehead atoms. The zero-order valence-corrected chi connectivity index (χ0v) is 12.5. The molecular formula is C13H22F3N3O2. The van der Waals surface area contributed by atoms with Gasteiger partial charge in [0.2, 0.25) is 11.8 Å². The Labute approximate surface area is 122 Å². The van der Waals surface area contributed by atoms with E-state index in [9.17, 15) is 22.8 Å². The van der Waals surface area contributed by atoms with Crippen LogP contribution in [0.4, 0.5) is 13.2 Å². The maximum absolute atomic E-state index is 12.3. The Hall–Kier alpha value is -1.31. The third-order valence-corrected chi connectivity index (χ3v) is 3.53. The van der Waals surface area contributed by atoms with E-state index in [4.69, 9.17) is 5.73 Å². The fraction of sp³-hybridized carbons (Fsp3) is 0.846. The van der Waals surface area contributed by atoms with Gasteiger partial charge in [-0.15, -0.1) is 0 Å². The Bertz CT molecular complexity index is 410. The van der Waals surface area contributed by atoms with Crippen molar-refractivity contribution >= 4 is 11.8 Å². The number of carbonyl (C=O) groups excluding carboxylic acids is 2. The average Bonchev–Trinajstić information content (AvgIpc) is 2.67. The lowest BCUT2D eigenvalue weighted by Gasteiger charge is -2.30. The topological polar surface area (TPSA) is 66.6 Å². The van der Waals surface area contributed by atoms with Crippen molar-refractivity contribution < 1.29 is 22.8 Å². The van der Waals surface area contributed by atoms with Gasteiger partial charge in [0.25, 0.3) is 0 Å². The second-order valence-corrected chi connectivity index (χ2v) is 6.35. The summed E-state index contributed by atoms with van der Waals surface area (Å²) in [4.78, 5) is 25.9. The van der Waals surface area contributed by atoms with Gasteiger partial charge in [0, 0.05) is 26.6 Å². The third-order valence-electron chi connectivity index (χ3n) is 3.53. The molecule has 0 aromatic rings. The summed E-state index contributed by atoms with van der Waals surface area (Å²) in [5.74, 6) is -1.65. The molecule has 21 heavy (non-hydrogen) atoms. The van der Waals surface area contributed by atoms with Gasteiger partial charge in [-0.25, -0.2) is 0 Å². The van der Waals surface area contributed by atoms with E-state index in [1.54, 1.807) is 7.05 Å². The van der Waals surface area contributed by atoms with E-state index in [1.807, 2.05) is 13.8 Å². The zero-order valence-electron chi connectivity index (χ0n) is 12.5. The minimum atomic E-state index is -4.44. The molecule has 1 aliphatic heterocycles. The molecule has 1 unspecified atom stereocenters. The number of amides is 2. The molecule has 8 heteroatoms. The first-order chi connectivity index (χ1) is 9.45. The van der Waals surface area contributed by atoms with Gasteiger partial charge in [0.1, 0.15) is 6.54 Å². The number of rotatable bonds is 5. The Kier molecular flexibility index (Phi) is 5.25. The molecule has 0 saturated carbocycles. The first kappa shape index (κ1) is 17.7. The Morgan fingerprint density at radius 3 is 2.48 bits per heavy atom. The monoisotopic (exact) mass is 309 g/mol. The summed E-state index contributed by atoms with van der Waals surface area (Å²) in [6, 6.07) is 0. The van der Waals surface area contributed by atoms with Crippen LogP contribution in [0, 0.1) is 11.3 Å². The maximum atomic E-state index is 12.3. The highest BCUT2D eigenvalue weighted by atomic mass is 19.4. The van der Waals surface area contributed by atoms with Crippen molar-refractivity contribution in [2.75, 3.05) is 33.2 Å². The van der Waals surface area contributed by atoms with E-state index < -0.39 is 24.5 Å². The summed E-state index contributed by atoms with van der Waals surface area (Å²) in [5.41, 5.74) is 5.32. The van der Waals surface area contributed by atoms with Crippen molar-refractivity contribution in [1.82, 2.24) is 9.80 Å². The van der Waals surface area contributed by atoms with Crippen LogP contribution in [0.1, 0.15) is 20.3 Å². The summed E-state index contributed by atoms with van der Waals surface area (Å²) < 4.78 is 37.0. The second kappa shape index (κ2) is 6.21. The van der Waals surface area contributed by atoms with E-state index in [-0.39, 0.29) is 24.3 Å². The molecular weight excluding hydrogens is 287 g/mol. The highest BCUT2D eigenvalue weighted by molar-refractivity contribution is 5.89. The number of nitrogens with zero attached hydrogens (tertiary/aromatic N) is 2. The molecule has 1 fully saturated rings. The van der Waals surface area contributed by atoms with Crippen molar-refractivity contribution in [2.24, 2.45) is 17.1 Å². The van der Waals surface area contributed by atoms with Crippen molar-refractivity contribution in [3.63, 3.8) is 0 Å². The van der Waals surface area contributed by atoms with Gasteiger partial charge in [-0.05, 0) is 12.0 Å². The van der Waals surface area contributed by atoms with Gasteiger partial charge in [-0.3, -0.25) is 9.59 Å². The van der Waals surface area contributed by atoms with Crippen molar-refractivity contribution in [2.45, 2.75) is 26.4 Å². The number of halogens is 3. The highest BCUT2D eigenvalue weighted by Crippen LogP contribution is 2.25. The summed E-state index contributed by atoms with van der Waals surface area (Å²) >= 11 is 0. The van der Waals surface area contributed by atoms with Crippen molar-refractivity contribution in [1.29, 1.82) is 0 Å². The van der Waals surface area contributed by atoms with Crippen LogP contribution in [-0.4, -0.2) is 61.0 Å². The third kappa shape index (κ3) is 5.18. The molecule has 2 amide bonds. The lowest BCUT2D eigenvalue weighted by molar-refractivity contribution is -0.157. The SMILES string of the molecule is CN(CC(C)(C)CN)C(=O)C1CC(=O)N(CC(F)(F)F)C1. The van der Waals surface area contributed by atoms with E-state index in [0.717, 1.165) is 0 Å². The number of alkyl halides is 3. The summed E-state index contributed by atoms with van der Waals surface area (Å²) in [7, 11) is 1.58. The van der Waals surface area contributed by atoms with Crippen LogP contribution in [0.25, 0.3) is 0 Å². The van der Waals surface area contributed by atoms with Crippen LogP contribution >= 0.6 is 0 Å². The Morgan fingerprint density at radius 2 is 2.00 bits per heavy atom. The average molecular weight is 309 g/mol. The second-order valence-electron chi connectivity index (χ2n) is 6.35. The van der Waals surface area contributed by atoms with E-state index in [1.165, 1.54) is 4.90 Å². The van der Waals surface area contributed by atoms with E-state index in [0.29, 0.717) is 18.0 Å². The molecule has 5 nitrogen and oxygen atoms in total. The molecule has 0 spiro atoms. The molecule has 0 aromatic heterocycles. The first-order valence-corrected chi connectivity index (χ1v) is 6.75. The number of hydrogen-bond acceptors (Lipinski definition) is 3. The molecule has 1 saturated heterocycles. The van der Waals surface area contributed by atoms with Crippen LogP contribution in [-0.2, 0) is 9.59 Å². The van der Waals surface area contributed by atoms with Crippen LogP contribution in [0.2, 0.25) is 0 Å². The van der Waals surface area contributed by atoms with Gasteiger partial charge < -0.3 is 15.5 Å². The lowest BCUT2D eigenvalue weighted by atomic mass is 9.92. The van der Waals surface area contributed by atoms with E-state index in [2.05, 4.69) is 0 Å². The molecule has 1 heterocycles. The number of carbonyl (C=O) groups is 2. The van der Waals surface area contributed by atoms with Crippen LogP contribution < -0.4 is 5.73 Å². The summed E-state index contributed by atoms with van der Waals surface area (Å²) in [5, 5.41) is 0. The van der Waals surface area contributed by atoms with Gasteiger partial charge in [0.05, 0.1) is 5.92 Å². The first-order valence-electron chi connectivity index (χ1n) is 6.75. The van der Waals surface area contributed by atoms with Gasteiger partial charge in [-0.2, -0.15) is 13.2 Å². The Balaban J connectivity index is 2.63. The normalized spacial score (nSPS) is 20.0. The van der Waals surface area contributed by atoms with Gasteiger partial charge >= 0.3 is 6.18 Å². The minimum Gasteiger partial charge on any atom is -0.345 e. The largest absolute Gasteiger partial charge is 0.406 e. The quantitative estimate of drug-likeness (QED) is 0.818. The van der Waals surface area contributed by atoms with Gasteiger partial charge in [0.15, 0.2) is 0 Å². The molecule has 0 aromatic carbocycles. The highest BCUT2D eigenvalue weighted by Gasteiger charge is 2.41. The predicted octanol–water partition coefficient (Wildman–Crippen LogP) is 0.840. The lowest BCUT2D eigenvalue weighted by Crippen LogP contribution is -2.43. The van der Waals surface area contributed by atoms with Crippen LogP contribution in [0.3, 0.4) is 0 Å².